The summed E-state index contributed by atoms with van der Waals surface area (Å²) in [6.07, 6.45) is 0.364. The van der Waals surface area contributed by atoms with Crippen LogP contribution in [0.5, 0.6) is 5.75 Å². The van der Waals surface area contributed by atoms with E-state index in [1.54, 1.807) is 4.68 Å². The summed E-state index contributed by atoms with van der Waals surface area (Å²) in [5.41, 5.74) is 1.88. The predicted molar refractivity (Wildman–Crippen MR) is 99.2 cm³/mol. The number of ether oxygens (including phenoxy) is 1. The highest BCUT2D eigenvalue weighted by atomic mass is 32.1. The van der Waals surface area contributed by atoms with Crippen LogP contribution in [-0.2, 0) is 6.54 Å². The molecule has 5 nitrogen and oxygen atoms in total. The summed E-state index contributed by atoms with van der Waals surface area (Å²) >= 11 is 5.60. The lowest BCUT2D eigenvalue weighted by Gasteiger charge is -2.08. The number of hydrogen-bond donors (Lipinski definition) is 0. The topological polar surface area (TPSA) is 55.8 Å². The third-order valence-electron chi connectivity index (χ3n) is 3.71. The van der Waals surface area contributed by atoms with E-state index in [1.807, 2.05) is 66.1 Å². The highest BCUT2D eigenvalue weighted by molar-refractivity contribution is 7.71. The van der Waals surface area contributed by atoms with Crippen LogP contribution in [0.4, 0.5) is 0 Å². The molecule has 0 saturated heterocycles. The summed E-state index contributed by atoms with van der Waals surface area (Å²) in [4.78, 5) is 0. The maximum absolute atomic E-state index is 8.86. The zero-order valence-electron chi connectivity index (χ0n) is 13.9. The highest BCUT2D eigenvalue weighted by Gasteiger charge is 2.14. The Morgan fingerprint density at radius 3 is 2.48 bits per heavy atom. The van der Waals surface area contributed by atoms with Crippen molar-refractivity contribution >= 4 is 12.2 Å². The van der Waals surface area contributed by atoms with Gasteiger partial charge in [-0.25, -0.2) is 4.68 Å². The molecular formula is C19H18N4OS. The van der Waals surface area contributed by atoms with E-state index in [2.05, 4.69) is 11.2 Å². The SMILES string of the molecule is CCOc1ccc(-c2nn(CCC#N)c(=S)n2-c2ccccc2)cc1. The second-order valence-electron chi connectivity index (χ2n) is 5.37. The first kappa shape index (κ1) is 16.9. The third kappa shape index (κ3) is 3.62. The van der Waals surface area contributed by atoms with Gasteiger partial charge in [-0.05, 0) is 55.5 Å². The Kier molecular flexibility index (Phi) is 5.26. The van der Waals surface area contributed by atoms with E-state index < -0.39 is 0 Å². The van der Waals surface area contributed by atoms with Gasteiger partial charge in [0, 0.05) is 11.3 Å². The molecule has 2 aromatic carbocycles. The average molecular weight is 350 g/mol. The van der Waals surface area contributed by atoms with Crippen molar-refractivity contribution in [1.82, 2.24) is 14.3 Å². The van der Waals surface area contributed by atoms with Crippen LogP contribution in [0, 0.1) is 16.1 Å². The summed E-state index contributed by atoms with van der Waals surface area (Å²) in [5.74, 6) is 1.57. The van der Waals surface area contributed by atoms with Gasteiger partial charge in [0.2, 0.25) is 4.77 Å². The van der Waals surface area contributed by atoms with Crippen LogP contribution in [0.3, 0.4) is 0 Å². The predicted octanol–water partition coefficient (Wildman–Crippen LogP) is 4.38. The van der Waals surface area contributed by atoms with E-state index in [0.29, 0.717) is 24.3 Å². The Bertz CT molecular complexity index is 936. The van der Waals surface area contributed by atoms with Crippen LogP contribution >= 0.6 is 12.2 Å². The number of benzene rings is 2. The molecular weight excluding hydrogens is 332 g/mol. The first-order chi connectivity index (χ1) is 12.2. The van der Waals surface area contributed by atoms with Crippen LogP contribution < -0.4 is 4.74 Å². The van der Waals surface area contributed by atoms with E-state index >= 15 is 0 Å². The van der Waals surface area contributed by atoms with E-state index in [9.17, 15) is 0 Å². The first-order valence-corrected chi connectivity index (χ1v) is 8.51. The van der Waals surface area contributed by atoms with Crippen molar-refractivity contribution in [2.45, 2.75) is 19.9 Å². The third-order valence-corrected chi connectivity index (χ3v) is 4.11. The van der Waals surface area contributed by atoms with Crippen LogP contribution in [0.25, 0.3) is 17.1 Å². The van der Waals surface area contributed by atoms with Crippen LogP contribution in [0.2, 0.25) is 0 Å². The maximum Gasteiger partial charge on any atom is 0.202 e. The summed E-state index contributed by atoms with van der Waals surface area (Å²) in [7, 11) is 0. The minimum Gasteiger partial charge on any atom is -0.494 e. The maximum atomic E-state index is 8.86. The fourth-order valence-electron chi connectivity index (χ4n) is 2.57. The lowest BCUT2D eigenvalue weighted by Crippen LogP contribution is -2.01. The lowest BCUT2D eigenvalue weighted by atomic mass is 10.2. The summed E-state index contributed by atoms with van der Waals surface area (Å²) in [6.45, 7) is 3.05. The molecule has 3 rings (SSSR count). The minimum absolute atomic E-state index is 0.364. The first-order valence-electron chi connectivity index (χ1n) is 8.10. The van der Waals surface area contributed by atoms with Gasteiger partial charge in [0.15, 0.2) is 5.82 Å². The molecule has 1 aromatic heterocycles. The van der Waals surface area contributed by atoms with Crippen molar-refractivity contribution in [2.75, 3.05) is 6.61 Å². The largest absolute Gasteiger partial charge is 0.494 e. The van der Waals surface area contributed by atoms with Gasteiger partial charge >= 0.3 is 0 Å². The van der Waals surface area contributed by atoms with Crippen molar-refractivity contribution in [3.05, 3.63) is 59.4 Å². The molecule has 3 aromatic rings. The normalized spacial score (nSPS) is 10.4. The molecule has 0 N–H and O–H groups in total. The zero-order valence-corrected chi connectivity index (χ0v) is 14.7. The molecule has 0 saturated carbocycles. The Hall–Kier alpha value is -2.91. The van der Waals surface area contributed by atoms with Gasteiger partial charge in [-0.2, -0.15) is 10.4 Å². The van der Waals surface area contributed by atoms with E-state index in [-0.39, 0.29) is 0 Å². The number of nitrogens with zero attached hydrogens (tertiary/aromatic N) is 4. The van der Waals surface area contributed by atoms with E-state index in [4.69, 9.17) is 22.2 Å². The fourth-order valence-corrected chi connectivity index (χ4v) is 2.90. The van der Waals surface area contributed by atoms with E-state index in [1.165, 1.54) is 0 Å². The number of hydrogen-bond acceptors (Lipinski definition) is 4. The molecule has 0 unspecified atom stereocenters. The van der Waals surface area contributed by atoms with Crippen LogP contribution in [0.15, 0.2) is 54.6 Å². The van der Waals surface area contributed by atoms with Crippen molar-refractivity contribution < 1.29 is 4.74 Å². The number of aryl methyl sites for hydroxylation is 1. The van der Waals surface area contributed by atoms with Gasteiger partial charge < -0.3 is 4.74 Å². The van der Waals surface area contributed by atoms with Crippen molar-refractivity contribution in [1.29, 1.82) is 5.26 Å². The molecule has 0 aliphatic rings. The zero-order chi connectivity index (χ0) is 17.6. The molecule has 0 radical (unpaired) electrons. The Labute approximate surface area is 151 Å². The lowest BCUT2D eigenvalue weighted by molar-refractivity contribution is 0.340. The highest BCUT2D eigenvalue weighted by Crippen LogP contribution is 2.25. The molecule has 0 spiro atoms. The average Bonchev–Trinajstić information content (AvgIpc) is 2.98. The van der Waals surface area contributed by atoms with Crippen LogP contribution in [0.1, 0.15) is 13.3 Å². The second-order valence-corrected chi connectivity index (χ2v) is 5.73. The molecule has 0 atom stereocenters. The van der Waals surface area contributed by atoms with Crippen LogP contribution in [-0.4, -0.2) is 21.0 Å². The Morgan fingerprint density at radius 1 is 1.12 bits per heavy atom. The number of aromatic nitrogens is 3. The van der Waals surface area contributed by atoms with Gasteiger partial charge in [0.1, 0.15) is 5.75 Å². The van der Waals surface area contributed by atoms with Gasteiger partial charge in [-0.3, -0.25) is 4.57 Å². The molecule has 0 aliphatic heterocycles. The monoisotopic (exact) mass is 350 g/mol. The van der Waals surface area contributed by atoms with Crippen molar-refractivity contribution in [3.8, 4) is 28.9 Å². The Balaban J connectivity index is 2.11. The van der Waals surface area contributed by atoms with Gasteiger partial charge in [-0.15, -0.1) is 0 Å². The van der Waals surface area contributed by atoms with Crippen molar-refractivity contribution in [2.24, 2.45) is 0 Å². The summed E-state index contributed by atoms with van der Waals surface area (Å²) in [6, 6.07) is 19.8. The quantitative estimate of drug-likeness (QED) is 0.619. The molecule has 0 aliphatic carbocycles. The smallest absolute Gasteiger partial charge is 0.202 e. The molecule has 1 heterocycles. The molecule has 6 heteroatoms. The standard InChI is InChI=1S/C19H18N4OS/c1-2-24-17-11-9-15(10-12-17)18-21-22(14-6-13-20)19(25)23(18)16-7-4-3-5-8-16/h3-5,7-12H,2,6,14H2,1H3. The minimum atomic E-state index is 0.364. The van der Waals surface area contributed by atoms with E-state index in [0.717, 1.165) is 22.8 Å². The van der Waals surface area contributed by atoms with Gasteiger partial charge in [0.25, 0.3) is 0 Å². The fraction of sp³-hybridized carbons (Fsp3) is 0.211. The second kappa shape index (κ2) is 7.77. The van der Waals surface area contributed by atoms with Crippen molar-refractivity contribution in [3.63, 3.8) is 0 Å². The number of para-hydroxylation sites is 1. The number of rotatable bonds is 6. The molecule has 25 heavy (non-hydrogen) atoms. The molecule has 0 bridgehead atoms. The van der Waals surface area contributed by atoms with Gasteiger partial charge in [0.05, 0.1) is 25.6 Å². The summed E-state index contributed by atoms with van der Waals surface area (Å²) < 4.78 is 9.72. The molecule has 0 fully saturated rings. The summed E-state index contributed by atoms with van der Waals surface area (Å²) in [5, 5.41) is 13.5. The Morgan fingerprint density at radius 2 is 1.84 bits per heavy atom. The molecule has 126 valence electrons. The van der Waals surface area contributed by atoms with Gasteiger partial charge in [-0.1, -0.05) is 18.2 Å². The molecule has 0 amide bonds. The number of nitriles is 1.